The van der Waals surface area contributed by atoms with Gasteiger partial charge in [-0.25, -0.2) is 0 Å². The summed E-state index contributed by atoms with van der Waals surface area (Å²) in [7, 11) is 0. The number of anilines is 1. The number of benzene rings is 2. The summed E-state index contributed by atoms with van der Waals surface area (Å²) in [5.41, 5.74) is 0.821. The van der Waals surface area contributed by atoms with Gasteiger partial charge in [-0.15, -0.1) is 0 Å². The predicted molar refractivity (Wildman–Crippen MR) is 123 cm³/mol. The Morgan fingerprint density at radius 2 is 1.64 bits per heavy atom. The number of hydrogen-bond acceptors (Lipinski definition) is 6. The van der Waals surface area contributed by atoms with E-state index in [1.165, 1.54) is 0 Å². The predicted octanol–water partition coefficient (Wildman–Crippen LogP) is 2.22. The maximum atomic E-state index is 13.1. The van der Waals surface area contributed by atoms with Crippen molar-refractivity contribution < 1.29 is 23.8 Å². The molecule has 2 aromatic rings. The topological polar surface area (TPSA) is 80.3 Å². The highest BCUT2D eigenvalue weighted by molar-refractivity contribution is 5.86. The van der Waals surface area contributed by atoms with Gasteiger partial charge >= 0.3 is 0 Å². The molecular formula is C25H29N3O5. The second kappa shape index (κ2) is 9.60. The second-order valence-electron chi connectivity index (χ2n) is 8.64. The quantitative estimate of drug-likeness (QED) is 0.751. The second-order valence-corrected chi connectivity index (χ2v) is 8.64. The molecule has 8 heteroatoms. The normalized spacial score (nSPS) is 21.6. The van der Waals surface area contributed by atoms with Gasteiger partial charge in [-0.2, -0.15) is 0 Å². The third-order valence-electron chi connectivity index (χ3n) is 6.23. The van der Waals surface area contributed by atoms with Gasteiger partial charge in [0.2, 0.25) is 5.91 Å². The minimum absolute atomic E-state index is 0.000955. The summed E-state index contributed by atoms with van der Waals surface area (Å²) in [5, 5.41) is 2.95. The summed E-state index contributed by atoms with van der Waals surface area (Å²) >= 11 is 0. The number of piperidine rings is 1. The summed E-state index contributed by atoms with van der Waals surface area (Å²) < 4.78 is 17.7. The first-order valence-corrected chi connectivity index (χ1v) is 11.6. The smallest absolute Gasteiger partial charge is 0.265 e. The average Bonchev–Trinajstić information content (AvgIpc) is 2.87. The molecule has 3 aliphatic heterocycles. The van der Waals surface area contributed by atoms with Crippen LogP contribution in [0.1, 0.15) is 19.3 Å². The number of carbonyl (C=O) groups is 2. The van der Waals surface area contributed by atoms with Gasteiger partial charge in [-0.1, -0.05) is 24.3 Å². The van der Waals surface area contributed by atoms with Gasteiger partial charge < -0.3 is 29.3 Å². The van der Waals surface area contributed by atoms with Crippen molar-refractivity contribution in [1.82, 2.24) is 10.2 Å². The minimum Gasteiger partial charge on any atom is -0.486 e. The highest BCUT2D eigenvalue weighted by Crippen LogP contribution is 2.34. The Balaban J connectivity index is 1.20. The number of para-hydroxylation sites is 4. The number of nitrogens with zero attached hydrogens (tertiary/aromatic N) is 2. The highest BCUT2D eigenvalue weighted by Gasteiger charge is 2.34. The number of likely N-dealkylation sites (tertiary alicyclic amines) is 1. The molecule has 2 amide bonds. The number of hydrogen-bond donors (Lipinski definition) is 1. The molecule has 2 atom stereocenters. The molecule has 0 saturated carbocycles. The van der Waals surface area contributed by atoms with E-state index in [0.717, 1.165) is 43.8 Å². The molecule has 1 saturated heterocycles. The van der Waals surface area contributed by atoms with Crippen LogP contribution in [0.5, 0.6) is 17.2 Å². The molecule has 0 aromatic heterocycles. The number of carbonyl (C=O) groups excluding carboxylic acids is 2. The number of amides is 2. The first-order valence-electron chi connectivity index (χ1n) is 11.6. The van der Waals surface area contributed by atoms with Crippen LogP contribution in [0.15, 0.2) is 48.5 Å². The van der Waals surface area contributed by atoms with Crippen LogP contribution in [0, 0.1) is 0 Å². The van der Waals surface area contributed by atoms with E-state index in [0.29, 0.717) is 31.2 Å². The van der Waals surface area contributed by atoms with Gasteiger partial charge in [0.15, 0.2) is 17.6 Å². The number of rotatable bonds is 5. The Labute approximate surface area is 193 Å². The van der Waals surface area contributed by atoms with Gasteiger partial charge in [0.25, 0.3) is 5.91 Å². The van der Waals surface area contributed by atoms with Crippen LogP contribution in [0.2, 0.25) is 0 Å². The number of nitrogens with one attached hydrogen (secondary N) is 1. The van der Waals surface area contributed by atoms with Crippen molar-refractivity contribution in [3.63, 3.8) is 0 Å². The van der Waals surface area contributed by atoms with Crippen LogP contribution in [-0.2, 0) is 9.59 Å². The standard InChI is InChI=1S/C25H29N3O5/c29-24(26-14-18-17-31-21-10-4-5-11-22(21)32-18)16-28-15-23(25(30)27-12-6-1-7-13-27)33-20-9-3-2-8-19(20)28/h2-5,8-11,18,23H,1,6-7,12-17H2,(H,26,29)/t18-,23-/m1/s1. The Bertz CT molecular complexity index is 1010. The van der Waals surface area contributed by atoms with Crippen LogP contribution in [-0.4, -0.2) is 68.3 Å². The van der Waals surface area contributed by atoms with E-state index >= 15 is 0 Å². The molecular weight excluding hydrogens is 422 g/mol. The molecule has 5 rings (SSSR count). The van der Waals surface area contributed by atoms with E-state index in [2.05, 4.69) is 5.32 Å². The van der Waals surface area contributed by atoms with E-state index in [9.17, 15) is 9.59 Å². The van der Waals surface area contributed by atoms with E-state index in [-0.39, 0.29) is 24.5 Å². The van der Waals surface area contributed by atoms with Crippen molar-refractivity contribution in [2.75, 3.05) is 44.2 Å². The van der Waals surface area contributed by atoms with Gasteiger partial charge in [0.05, 0.1) is 25.3 Å². The molecule has 1 N–H and O–H groups in total. The molecule has 8 nitrogen and oxygen atoms in total. The Morgan fingerprint density at radius 1 is 0.909 bits per heavy atom. The Morgan fingerprint density at radius 3 is 2.45 bits per heavy atom. The fourth-order valence-corrected chi connectivity index (χ4v) is 4.52. The van der Waals surface area contributed by atoms with E-state index in [1.54, 1.807) is 0 Å². The lowest BCUT2D eigenvalue weighted by atomic mass is 10.1. The van der Waals surface area contributed by atoms with Gasteiger partial charge in [0.1, 0.15) is 18.5 Å². The lowest BCUT2D eigenvalue weighted by Crippen LogP contribution is -2.53. The summed E-state index contributed by atoms with van der Waals surface area (Å²) in [6.07, 6.45) is 2.34. The van der Waals surface area contributed by atoms with Crippen LogP contribution in [0.4, 0.5) is 5.69 Å². The van der Waals surface area contributed by atoms with Crippen LogP contribution in [0.3, 0.4) is 0 Å². The summed E-state index contributed by atoms with van der Waals surface area (Å²) in [5.74, 6) is 1.89. The fourth-order valence-electron chi connectivity index (χ4n) is 4.52. The number of ether oxygens (including phenoxy) is 3. The Kier molecular flexibility index (Phi) is 6.24. The largest absolute Gasteiger partial charge is 0.486 e. The van der Waals surface area contributed by atoms with Crippen LogP contribution >= 0.6 is 0 Å². The third kappa shape index (κ3) is 4.84. The van der Waals surface area contributed by atoms with Crippen molar-refractivity contribution in [2.24, 2.45) is 0 Å². The van der Waals surface area contributed by atoms with Crippen molar-refractivity contribution in [2.45, 2.75) is 31.5 Å². The van der Waals surface area contributed by atoms with Crippen LogP contribution < -0.4 is 24.4 Å². The monoisotopic (exact) mass is 451 g/mol. The van der Waals surface area contributed by atoms with Crippen LogP contribution in [0.25, 0.3) is 0 Å². The van der Waals surface area contributed by atoms with Crippen molar-refractivity contribution in [3.05, 3.63) is 48.5 Å². The molecule has 0 aliphatic carbocycles. The molecule has 0 radical (unpaired) electrons. The van der Waals surface area contributed by atoms with Crippen molar-refractivity contribution >= 4 is 17.5 Å². The SMILES string of the molecule is O=C(CN1C[C@H](C(=O)N2CCCCC2)Oc2ccccc21)NC[C@@H]1COc2ccccc2O1. The minimum atomic E-state index is -0.614. The first-order chi connectivity index (χ1) is 16.2. The first kappa shape index (κ1) is 21.4. The number of fused-ring (bicyclic) bond motifs is 2. The maximum Gasteiger partial charge on any atom is 0.265 e. The zero-order valence-corrected chi connectivity index (χ0v) is 18.6. The highest BCUT2D eigenvalue weighted by atomic mass is 16.6. The Hall–Kier alpha value is -3.42. The van der Waals surface area contributed by atoms with E-state index in [1.807, 2.05) is 58.3 Å². The lowest BCUT2D eigenvalue weighted by Gasteiger charge is -2.38. The molecule has 33 heavy (non-hydrogen) atoms. The molecule has 0 bridgehead atoms. The summed E-state index contributed by atoms with van der Waals surface area (Å²) in [6, 6.07) is 15.1. The van der Waals surface area contributed by atoms with Gasteiger partial charge in [-0.05, 0) is 43.5 Å². The maximum absolute atomic E-state index is 13.1. The van der Waals surface area contributed by atoms with Crippen molar-refractivity contribution in [3.8, 4) is 17.2 Å². The molecule has 3 aliphatic rings. The molecule has 174 valence electrons. The molecule has 1 fully saturated rings. The molecule has 0 spiro atoms. The molecule has 3 heterocycles. The molecule has 0 unspecified atom stereocenters. The van der Waals surface area contributed by atoms with E-state index < -0.39 is 6.10 Å². The zero-order valence-electron chi connectivity index (χ0n) is 18.6. The summed E-state index contributed by atoms with van der Waals surface area (Å²) in [4.78, 5) is 29.7. The van der Waals surface area contributed by atoms with Gasteiger partial charge in [-0.3, -0.25) is 9.59 Å². The van der Waals surface area contributed by atoms with E-state index in [4.69, 9.17) is 14.2 Å². The average molecular weight is 452 g/mol. The zero-order chi connectivity index (χ0) is 22.6. The fraction of sp³-hybridized carbons (Fsp3) is 0.440. The molecule has 2 aromatic carbocycles. The van der Waals surface area contributed by atoms with Gasteiger partial charge in [0, 0.05) is 13.1 Å². The third-order valence-corrected chi connectivity index (χ3v) is 6.23. The van der Waals surface area contributed by atoms with Crippen molar-refractivity contribution in [1.29, 1.82) is 0 Å². The summed E-state index contributed by atoms with van der Waals surface area (Å²) in [6.45, 7) is 2.74. The lowest BCUT2D eigenvalue weighted by molar-refractivity contribution is -0.139.